The zero-order chi connectivity index (χ0) is 11.7. The molecular formula is C10H20N2O3. The van der Waals surface area contributed by atoms with Crippen molar-refractivity contribution in [2.45, 2.75) is 39.2 Å². The van der Waals surface area contributed by atoms with E-state index in [4.69, 9.17) is 5.11 Å². The van der Waals surface area contributed by atoms with Gasteiger partial charge in [-0.15, -0.1) is 0 Å². The Morgan fingerprint density at radius 2 is 1.93 bits per heavy atom. The first-order valence-electron chi connectivity index (χ1n) is 5.27. The van der Waals surface area contributed by atoms with Crippen LogP contribution in [0.15, 0.2) is 0 Å². The summed E-state index contributed by atoms with van der Waals surface area (Å²) in [5.41, 5.74) is 0. The van der Waals surface area contributed by atoms with Gasteiger partial charge in [0.15, 0.2) is 0 Å². The van der Waals surface area contributed by atoms with E-state index in [0.717, 1.165) is 6.42 Å². The zero-order valence-corrected chi connectivity index (χ0v) is 9.38. The predicted molar refractivity (Wildman–Crippen MR) is 57.2 cm³/mol. The molecule has 0 fully saturated rings. The Labute approximate surface area is 90.2 Å². The van der Waals surface area contributed by atoms with Crippen LogP contribution in [0.1, 0.15) is 33.1 Å². The van der Waals surface area contributed by atoms with Crippen molar-refractivity contribution in [2.24, 2.45) is 0 Å². The highest BCUT2D eigenvalue weighted by molar-refractivity contribution is 5.84. The van der Waals surface area contributed by atoms with E-state index in [2.05, 4.69) is 10.6 Å². The third kappa shape index (κ3) is 9.21. The molecule has 0 aromatic carbocycles. The number of carbonyl (C=O) groups is 2. The standard InChI is InChI=1S/C10H20N2O3/c1-3-6-11-10(15)7-12-9(14)5-4-8(2)13/h8,13H,3-7H2,1-2H3,(H,11,15)(H,12,14). The minimum absolute atomic E-state index is 0.0125. The molecule has 15 heavy (non-hydrogen) atoms. The minimum Gasteiger partial charge on any atom is -0.393 e. The first kappa shape index (κ1) is 13.9. The van der Waals surface area contributed by atoms with E-state index < -0.39 is 6.10 Å². The van der Waals surface area contributed by atoms with Crippen molar-refractivity contribution in [1.82, 2.24) is 10.6 Å². The SMILES string of the molecule is CCCNC(=O)CNC(=O)CCC(C)O. The van der Waals surface area contributed by atoms with Gasteiger partial charge in [0.2, 0.25) is 11.8 Å². The Bertz CT molecular complexity index is 205. The first-order chi connectivity index (χ1) is 7.06. The van der Waals surface area contributed by atoms with Crippen LogP contribution in [0.5, 0.6) is 0 Å². The van der Waals surface area contributed by atoms with Crippen LogP contribution in [0, 0.1) is 0 Å². The molecule has 3 N–H and O–H groups in total. The molecule has 5 nitrogen and oxygen atoms in total. The lowest BCUT2D eigenvalue weighted by Gasteiger charge is -2.06. The molecule has 0 aliphatic heterocycles. The van der Waals surface area contributed by atoms with Gasteiger partial charge in [0.05, 0.1) is 12.6 Å². The number of hydrogen-bond donors (Lipinski definition) is 3. The van der Waals surface area contributed by atoms with E-state index in [9.17, 15) is 9.59 Å². The highest BCUT2D eigenvalue weighted by Gasteiger charge is 2.06. The molecule has 1 atom stereocenters. The molecule has 0 heterocycles. The molecule has 0 radical (unpaired) electrons. The van der Waals surface area contributed by atoms with Crippen molar-refractivity contribution in [3.63, 3.8) is 0 Å². The molecule has 0 rings (SSSR count). The summed E-state index contributed by atoms with van der Waals surface area (Å²) in [6.07, 6.45) is 1.06. The van der Waals surface area contributed by atoms with Gasteiger partial charge >= 0.3 is 0 Å². The smallest absolute Gasteiger partial charge is 0.239 e. The van der Waals surface area contributed by atoms with Crippen molar-refractivity contribution in [3.8, 4) is 0 Å². The van der Waals surface area contributed by atoms with Crippen LogP contribution < -0.4 is 10.6 Å². The molecule has 0 saturated carbocycles. The third-order valence-corrected chi connectivity index (χ3v) is 1.81. The van der Waals surface area contributed by atoms with Crippen LogP contribution >= 0.6 is 0 Å². The lowest BCUT2D eigenvalue weighted by molar-refractivity contribution is -0.126. The summed E-state index contributed by atoms with van der Waals surface area (Å²) in [5.74, 6) is -0.384. The quantitative estimate of drug-likeness (QED) is 0.551. The van der Waals surface area contributed by atoms with Gasteiger partial charge in [0, 0.05) is 13.0 Å². The molecule has 5 heteroatoms. The molecule has 0 spiro atoms. The normalized spacial score (nSPS) is 11.9. The lowest BCUT2D eigenvalue weighted by Crippen LogP contribution is -2.37. The first-order valence-corrected chi connectivity index (χ1v) is 5.27. The molecule has 0 saturated heterocycles. The van der Waals surface area contributed by atoms with Gasteiger partial charge in [-0.1, -0.05) is 6.92 Å². The zero-order valence-electron chi connectivity index (χ0n) is 9.38. The van der Waals surface area contributed by atoms with Gasteiger partial charge in [0.1, 0.15) is 0 Å². The number of aliphatic hydroxyl groups excluding tert-OH is 1. The predicted octanol–water partition coefficient (Wildman–Crippen LogP) is -0.210. The minimum atomic E-state index is -0.482. The number of carbonyl (C=O) groups excluding carboxylic acids is 2. The topological polar surface area (TPSA) is 78.4 Å². The summed E-state index contributed by atoms with van der Waals surface area (Å²) in [6, 6.07) is 0. The second-order valence-corrected chi connectivity index (χ2v) is 3.51. The van der Waals surface area contributed by atoms with Crippen molar-refractivity contribution in [1.29, 1.82) is 0 Å². The average molecular weight is 216 g/mol. The Hall–Kier alpha value is -1.10. The monoisotopic (exact) mass is 216 g/mol. The second kappa shape index (κ2) is 8.23. The molecule has 0 aliphatic rings. The number of hydrogen-bond acceptors (Lipinski definition) is 3. The molecule has 0 aromatic rings. The van der Waals surface area contributed by atoms with E-state index in [1.54, 1.807) is 6.92 Å². The Kier molecular flexibility index (Phi) is 7.62. The summed E-state index contributed by atoms with van der Waals surface area (Å²) < 4.78 is 0. The van der Waals surface area contributed by atoms with E-state index in [1.807, 2.05) is 6.92 Å². The fourth-order valence-corrected chi connectivity index (χ4v) is 0.934. The lowest BCUT2D eigenvalue weighted by atomic mass is 10.2. The fourth-order valence-electron chi connectivity index (χ4n) is 0.934. The van der Waals surface area contributed by atoms with Gasteiger partial charge in [-0.2, -0.15) is 0 Å². The second-order valence-electron chi connectivity index (χ2n) is 3.51. The van der Waals surface area contributed by atoms with Crippen LogP contribution in [-0.4, -0.2) is 36.1 Å². The molecule has 0 bridgehead atoms. The Morgan fingerprint density at radius 3 is 2.47 bits per heavy atom. The van der Waals surface area contributed by atoms with E-state index >= 15 is 0 Å². The number of nitrogens with one attached hydrogen (secondary N) is 2. The molecule has 88 valence electrons. The van der Waals surface area contributed by atoms with E-state index in [-0.39, 0.29) is 24.8 Å². The number of amides is 2. The maximum absolute atomic E-state index is 11.1. The third-order valence-electron chi connectivity index (χ3n) is 1.81. The Balaban J connectivity index is 3.49. The summed E-state index contributed by atoms with van der Waals surface area (Å²) in [7, 11) is 0. The molecular weight excluding hydrogens is 196 g/mol. The van der Waals surface area contributed by atoms with Crippen LogP contribution in [-0.2, 0) is 9.59 Å². The molecule has 0 aromatic heterocycles. The summed E-state index contributed by atoms with van der Waals surface area (Å²) >= 11 is 0. The van der Waals surface area contributed by atoms with E-state index in [0.29, 0.717) is 13.0 Å². The fraction of sp³-hybridized carbons (Fsp3) is 0.800. The summed E-state index contributed by atoms with van der Waals surface area (Å²) in [4.78, 5) is 22.2. The highest BCUT2D eigenvalue weighted by atomic mass is 16.3. The van der Waals surface area contributed by atoms with Gasteiger partial charge in [0.25, 0.3) is 0 Å². The van der Waals surface area contributed by atoms with Crippen molar-refractivity contribution < 1.29 is 14.7 Å². The van der Waals surface area contributed by atoms with Crippen molar-refractivity contribution in [3.05, 3.63) is 0 Å². The van der Waals surface area contributed by atoms with Crippen molar-refractivity contribution >= 4 is 11.8 Å². The molecule has 0 aliphatic carbocycles. The van der Waals surface area contributed by atoms with Gasteiger partial charge < -0.3 is 15.7 Å². The number of aliphatic hydroxyl groups is 1. The van der Waals surface area contributed by atoms with Crippen LogP contribution in [0.4, 0.5) is 0 Å². The Morgan fingerprint density at radius 1 is 1.27 bits per heavy atom. The van der Waals surface area contributed by atoms with Gasteiger partial charge in [-0.25, -0.2) is 0 Å². The maximum atomic E-state index is 11.1. The van der Waals surface area contributed by atoms with Crippen LogP contribution in [0.2, 0.25) is 0 Å². The van der Waals surface area contributed by atoms with Crippen molar-refractivity contribution in [2.75, 3.05) is 13.1 Å². The van der Waals surface area contributed by atoms with Gasteiger partial charge in [-0.3, -0.25) is 9.59 Å². The largest absolute Gasteiger partial charge is 0.393 e. The summed E-state index contributed by atoms with van der Waals surface area (Å²) in [5, 5.41) is 14.1. The van der Waals surface area contributed by atoms with E-state index in [1.165, 1.54) is 0 Å². The van der Waals surface area contributed by atoms with Crippen LogP contribution in [0.3, 0.4) is 0 Å². The molecule has 1 unspecified atom stereocenters. The summed E-state index contributed by atoms with van der Waals surface area (Å²) in [6.45, 7) is 4.23. The van der Waals surface area contributed by atoms with Crippen LogP contribution in [0.25, 0.3) is 0 Å². The number of rotatable bonds is 7. The average Bonchev–Trinajstić information content (AvgIpc) is 2.20. The maximum Gasteiger partial charge on any atom is 0.239 e. The molecule has 2 amide bonds. The van der Waals surface area contributed by atoms with Gasteiger partial charge in [-0.05, 0) is 19.8 Å². The highest BCUT2D eigenvalue weighted by Crippen LogP contribution is 1.94.